The van der Waals surface area contributed by atoms with Crippen LogP contribution in [0.3, 0.4) is 0 Å². The number of aliphatic carboxylic acids is 1. The van der Waals surface area contributed by atoms with E-state index >= 15 is 0 Å². The van der Waals surface area contributed by atoms with E-state index in [4.69, 9.17) is 5.11 Å². The minimum atomic E-state index is -0.975. The van der Waals surface area contributed by atoms with Crippen molar-refractivity contribution in [2.75, 3.05) is 13.1 Å². The number of carboxylic acids is 1. The van der Waals surface area contributed by atoms with Crippen LogP contribution in [0.25, 0.3) is 0 Å². The van der Waals surface area contributed by atoms with Crippen LogP contribution in [0, 0.1) is 11.8 Å². The summed E-state index contributed by atoms with van der Waals surface area (Å²) in [5.74, 6) is -0.718. The summed E-state index contributed by atoms with van der Waals surface area (Å²) in [6, 6.07) is -1.16. The van der Waals surface area contributed by atoms with Crippen LogP contribution in [-0.2, 0) is 4.79 Å². The largest absolute Gasteiger partial charge is 0.480 e. The summed E-state index contributed by atoms with van der Waals surface area (Å²) in [5.41, 5.74) is 0. The van der Waals surface area contributed by atoms with E-state index in [0.717, 1.165) is 19.3 Å². The van der Waals surface area contributed by atoms with Gasteiger partial charge >= 0.3 is 12.0 Å². The molecule has 0 aromatic heterocycles. The molecule has 0 aromatic carbocycles. The third kappa shape index (κ3) is 2.93. The van der Waals surface area contributed by atoms with Gasteiger partial charge in [0.1, 0.15) is 6.04 Å². The Morgan fingerprint density at radius 3 is 2.50 bits per heavy atom. The van der Waals surface area contributed by atoms with Crippen LogP contribution in [-0.4, -0.2) is 52.3 Å². The minimum absolute atomic E-state index is 0.0695. The summed E-state index contributed by atoms with van der Waals surface area (Å²) in [7, 11) is 0. The highest BCUT2D eigenvalue weighted by molar-refractivity contribution is 5.83. The maximum Gasteiger partial charge on any atom is 0.326 e. The van der Waals surface area contributed by atoms with E-state index in [1.807, 2.05) is 6.92 Å². The number of carbonyl (C=O) groups is 2. The molecular formula is C12H20N2O4. The third-order valence-electron chi connectivity index (χ3n) is 3.84. The third-order valence-corrected chi connectivity index (χ3v) is 3.84. The number of β-amino-alcohol motifs (C(OH)–C–C–N with tert-alkyl or cyclic N) is 1. The summed E-state index contributed by atoms with van der Waals surface area (Å²) in [6.45, 7) is 2.80. The number of piperidine rings is 1. The smallest absolute Gasteiger partial charge is 0.326 e. The van der Waals surface area contributed by atoms with Gasteiger partial charge in [0.2, 0.25) is 0 Å². The Balaban J connectivity index is 1.89. The molecular weight excluding hydrogens is 236 g/mol. The fraction of sp³-hybridized carbons (Fsp3) is 0.833. The molecule has 18 heavy (non-hydrogen) atoms. The molecule has 2 fully saturated rings. The molecule has 6 heteroatoms. The predicted octanol–water partition coefficient (Wildman–Crippen LogP) is 0.262. The zero-order valence-electron chi connectivity index (χ0n) is 10.5. The van der Waals surface area contributed by atoms with Crippen LogP contribution in [0.1, 0.15) is 26.2 Å². The SMILES string of the molecule is CC1CCN(C(=O)NC(C(=O)O)C2CC2)CC1O. The van der Waals surface area contributed by atoms with Crippen molar-refractivity contribution in [1.82, 2.24) is 10.2 Å². The standard InChI is InChI=1S/C12H20N2O4/c1-7-4-5-14(6-9(7)15)12(18)13-10(11(16)17)8-2-3-8/h7-10,15H,2-6H2,1H3,(H,13,18)(H,16,17). The van der Waals surface area contributed by atoms with Crippen molar-refractivity contribution in [3.63, 3.8) is 0 Å². The van der Waals surface area contributed by atoms with Gasteiger partial charge in [-0.1, -0.05) is 6.92 Å². The Morgan fingerprint density at radius 1 is 1.33 bits per heavy atom. The lowest BCUT2D eigenvalue weighted by molar-refractivity contribution is -0.139. The van der Waals surface area contributed by atoms with E-state index in [1.165, 1.54) is 4.90 Å². The number of hydrogen-bond acceptors (Lipinski definition) is 3. The fourth-order valence-electron chi connectivity index (χ4n) is 2.27. The summed E-state index contributed by atoms with van der Waals surface area (Å²) in [4.78, 5) is 24.5. The van der Waals surface area contributed by atoms with Gasteiger partial charge in [0.05, 0.1) is 6.10 Å². The number of nitrogens with zero attached hydrogens (tertiary/aromatic N) is 1. The Morgan fingerprint density at radius 2 is 2.00 bits per heavy atom. The quantitative estimate of drug-likeness (QED) is 0.675. The molecule has 0 radical (unpaired) electrons. The molecule has 3 unspecified atom stereocenters. The van der Waals surface area contributed by atoms with Gasteiger partial charge in [0.15, 0.2) is 0 Å². The van der Waals surface area contributed by atoms with E-state index in [2.05, 4.69) is 5.32 Å². The molecule has 3 atom stereocenters. The van der Waals surface area contributed by atoms with Crippen LogP contribution in [0.4, 0.5) is 4.79 Å². The molecule has 1 aliphatic carbocycles. The second-order valence-electron chi connectivity index (χ2n) is 5.38. The zero-order chi connectivity index (χ0) is 13.3. The van der Waals surface area contributed by atoms with Gasteiger partial charge in [-0.25, -0.2) is 9.59 Å². The molecule has 2 amide bonds. The molecule has 2 rings (SSSR count). The number of aliphatic hydroxyl groups excluding tert-OH is 1. The summed E-state index contributed by atoms with van der Waals surface area (Å²) < 4.78 is 0. The number of urea groups is 1. The van der Waals surface area contributed by atoms with Crippen molar-refractivity contribution in [2.45, 2.75) is 38.3 Å². The van der Waals surface area contributed by atoms with Crippen molar-refractivity contribution in [1.29, 1.82) is 0 Å². The number of likely N-dealkylation sites (tertiary alicyclic amines) is 1. The van der Waals surface area contributed by atoms with E-state index in [-0.39, 0.29) is 24.4 Å². The molecule has 0 aromatic rings. The summed E-state index contributed by atoms with van der Waals surface area (Å²) in [6.07, 6.45) is 1.94. The number of carboxylic acid groups (broad SMARTS) is 1. The Labute approximate surface area is 106 Å². The molecule has 102 valence electrons. The van der Waals surface area contributed by atoms with Crippen molar-refractivity contribution >= 4 is 12.0 Å². The molecule has 3 N–H and O–H groups in total. The second kappa shape index (κ2) is 5.14. The van der Waals surface area contributed by atoms with Crippen molar-refractivity contribution in [2.24, 2.45) is 11.8 Å². The van der Waals surface area contributed by atoms with E-state index in [9.17, 15) is 14.7 Å². The van der Waals surface area contributed by atoms with E-state index in [1.54, 1.807) is 0 Å². The lowest BCUT2D eigenvalue weighted by atomic mass is 9.96. The van der Waals surface area contributed by atoms with Crippen molar-refractivity contribution < 1.29 is 19.8 Å². The number of carbonyl (C=O) groups excluding carboxylic acids is 1. The van der Waals surface area contributed by atoms with Gasteiger partial charge in [0.25, 0.3) is 0 Å². The molecule has 0 spiro atoms. The van der Waals surface area contributed by atoms with Gasteiger partial charge in [-0.2, -0.15) is 0 Å². The Hall–Kier alpha value is -1.30. The maximum absolute atomic E-state index is 11.9. The molecule has 6 nitrogen and oxygen atoms in total. The molecule has 1 saturated heterocycles. The van der Waals surface area contributed by atoms with Gasteiger partial charge in [-0.05, 0) is 31.1 Å². The lowest BCUT2D eigenvalue weighted by Crippen LogP contribution is -2.53. The van der Waals surface area contributed by atoms with Crippen LogP contribution in [0.2, 0.25) is 0 Å². The molecule has 1 aliphatic heterocycles. The first-order chi connectivity index (χ1) is 8.49. The number of amides is 2. The minimum Gasteiger partial charge on any atom is -0.480 e. The summed E-state index contributed by atoms with van der Waals surface area (Å²) in [5, 5.41) is 21.3. The highest BCUT2D eigenvalue weighted by Gasteiger charge is 2.38. The summed E-state index contributed by atoms with van der Waals surface area (Å²) >= 11 is 0. The number of nitrogens with one attached hydrogen (secondary N) is 1. The highest BCUT2D eigenvalue weighted by Crippen LogP contribution is 2.32. The zero-order valence-corrected chi connectivity index (χ0v) is 10.5. The lowest BCUT2D eigenvalue weighted by Gasteiger charge is -2.34. The number of aliphatic hydroxyl groups is 1. The average Bonchev–Trinajstić information content (AvgIpc) is 3.13. The molecule has 1 heterocycles. The first-order valence-electron chi connectivity index (χ1n) is 6.45. The van der Waals surface area contributed by atoms with Gasteiger partial charge in [0, 0.05) is 13.1 Å². The highest BCUT2D eigenvalue weighted by atomic mass is 16.4. The second-order valence-corrected chi connectivity index (χ2v) is 5.38. The average molecular weight is 256 g/mol. The van der Waals surface area contributed by atoms with Crippen molar-refractivity contribution in [3.8, 4) is 0 Å². The van der Waals surface area contributed by atoms with Gasteiger partial charge < -0.3 is 20.4 Å². The predicted molar refractivity (Wildman–Crippen MR) is 64.0 cm³/mol. The normalized spacial score (nSPS) is 29.8. The monoisotopic (exact) mass is 256 g/mol. The first-order valence-corrected chi connectivity index (χ1v) is 6.45. The fourth-order valence-corrected chi connectivity index (χ4v) is 2.27. The van der Waals surface area contributed by atoms with E-state index in [0.29, 0.717) is 6.54 Å². The molecule has 0 bridgehead atoms. The van der Waals surface area contributed by atoms with Gasteiger partial charge in [-0.15, -0.1) is 0 Å². The van der Waals surface area contributed by atoms with Crippen LogP contribution in [0.15, 0.2) is 0 Å². The van der Waals surface area contributed by atoms with Crippen molar-refractivity contribution in [3.05, 3.63) is 0 Å². The number of rotatable bonds is 3. The van der Waals surface area contributed by atoms with Crippen LogP contribution in [0.5, 0.6) is 0 Å². The Bertz CT molecular complexity index is 343. The molecule has 2 aliphatic rings. The topological polar surface area (TPSA) is 89.9 Å². The maximum atomic E-state index is 11.9. The first kappa shape index (κ1) is 13.1. The van der Waals surface area contributed by atoms with Gasteiger partial charge in [-0.3, -0.25) is 0 Å². The van der Waals surface area contributed by atoms with E-state index < -0.39 is 18.1 Å². The number of hydrogen-bond donors (Lipinski definition) is 3. The van der Waals surface area contributed by atoms with Crippen LogP contribution >= 0.6 is 0 Å². The molecule has 1 saturated carbocycles. The van der Waals surface area contributed by atoms with Crippen LogP contribution < -0.4 is 5.32 Å². The Kier molecular flexibility index (Phi) is 3.75.